The minimum atomic E-state index is -1.53. The van der Waals surface area contributed by atoms with Crippen molar-refractivity contribution in [2.24, 2.45) is 5.73 Å². The Hall–Kier alpha value is -3.03. The molecule has 0 unspecified atom stereocenters. The van der Waals surface area contributed by atoms with Gasteiger partial charge in [-0.1, -0.05) is 0 Å². The lowest BCUT2D eigenvalue weighted by atomic mass is 10.1. The molecule has 3 N–H and O–H groups in total. The van der Waals surface area contributed by atoms with Crippen molar-refractivity contribution in [3.05, 3.63) is 47.3 Å². The standard InChI is InChI=1S/C14H7F3N2O3/c15-6-4-7(16)12(20)11(17)10(6)14-19-8-3-5(13(18)21)1-2-9(8)22-14/h1-4,20H,(H2,18,21). The molecule has 2 aromatic carbocycles. The Morgan fingerprint density at radius 1 is 1.18 bits per heavy atom. The molecule has 5 nitrogen and oxygen atoms in total. The van der Waals surface area contributed by atoms with E-state index in [9.17, 15) is 23.1 Å². The maximum Gasteiger partial charge on any atom is 0.248 e. The molecule has 0 radical (unpaired) electrons. The molecule has 22 heavy (non-hydrogen) atoms. The summed E-state index contributed by atoms with van der Waals surface area (Å²) in [6.07, 6.45) is 0. The Morgan fingerprint density at radius 3 is 2.59 bits per heavy atom. The van der Waals surface area contributed by atoms with Crippen LogP contribution >= 0.6 is 0 Å². The topological polar surface area (TPSA) is 89.4 Å². The fourth-order valence-corrected chi connectivity index (χ4v) is 1.96. The van der Waals surface area contributed by atoms with Crippen molar-refractivity contribution in [3.63, 3.8) is 0 Å². The van der Waals surface area contributed by atoms with Crippen LogP contribution in [0.2, 0.25) is 0 Å². The summed E-state index contributed by atoms with van der Waals surface area (Å²) in [6.45, 7) is 0. The number of carbonyl (C=O) groups excluding carboxylic acids is 1. The largest absolute Gasteiger partial charge is 0.503 e. The number of carbonyl (C=O) groups is 1. The summed E-state index contributed by atoms with van der Waals surface area (Å²) in [4.78, 5) is 14.9. The molecule has 3 aromatic rings. The van der Waals surface area contributed by atoms with Gasteiger partial charge < -0.3 is 15.3 Å². The first-order valence-corrected chi connectivity index (χ1v) is 5.95. The van der Waals surface area contributed by atoms with Gasteiger partial charge in [0.15, 0.2) is 23.0 Å². The lowest BCUT2D eigenvalue weighted by Crippen LogP contribution is -2.10. The SMILES string of the molecule is NC(=O)c1ccc2oc(-c3c(F)cc(F)c(O)c3F)nc2c1. The van der Waals surface area contributed by atoms with E-state index in [2.05, 4.69) is 4.98 Å². The molecule has 0 aliphatic rings. The van der Waals surface area contributed by atoms with Crippen LogP contribution in [0.25, 0.3) is 22.6 Å². The summed E-state index contributed by atoms with van der Waals surface area (Å²) in [6, 6.07) is 4.31. The second-order valence-corrected chi connectivity index (χ2v) is 4.44. The number of primary amides is 1. The lowest BCUT2D eigenvalue weighted by Gasteiger charge is -2.03. The van der Waals surface area contributed by atoms with Crippen LogP contribution in [0.15, 0.2) is 28.7 Å². The van der Waals surface area contributed by atoms with E-state index < -0.39 is 40.6 Å². The number of phenols is 1. The normalized spacial score (nSPS) is 11.0. The molecular formula is C14H7F3N2O3. The second kappa shape index (κ2) is 4.76. The number of aromatic nitrogens is 1. The number of phenolic OH excluding ortho intramolecular Hbond substituents is 1. The van der Waals surface area contributed by atoms with Gasteiger partial charge in [-0.3, -0.25) is 4.79 Å². The number of rotatable bonds is 2. The second-order valence-electron chi connectivity index (χ2n) is 4.44. The van der Waals surface area contributed by atoms with Crippen LogP contribution < -0.4 is 5.73 Å². The van der Waals surface area contributed by atoms with Gasteiger partial charge >= 0.3 is 0 Å². The van der Waals surface area contributed by atoms with Crippen LogP contribution in [0.4, 0.5) is 13.2 Å². The first-order valence-electron chi connectivity index (χ1n) is 5.95. The maximum atomic E-state index is 13.8. The van der Waals surface area contributed by atoms with Gasteiger partial charge in [-0.05, 0) is 18.2 Å². The number of hydrogen-bond donors (Lipinski definition) is 2. The van der Waals surface area contributed by atoms with Crippen LogP contribution in [0.3, 0.4) is 0 Å². The average molecular weight is 308 g/mol. The van der Waals surface area contributed by atoms with Gasteiger partial charge in [0.2, 0.25) is 11.8 Å². The highest BCUT2D eigenvalue weighted by Crippen LogP contribution is 2.34. The van der Waals surface area contributed by atoms with Crippen molar-refractivity contribution < 1.29 is 27.5 Å². The molecule has 1 heterocycles. The zero-order valence-corrected chi connectivity index (χ0v) is 10.7. The van der Waals surface area contributed by atoms with E-state index in [0.29, 0.717) is 6.07 Å². The summed E-state index contributed by atoms with van der Waals surface area (Å²) < 4.78 is 45.8. The van der Waals surface area contributed by atoms with Crippen molar-refractivity contribution in [2.75, 3.05) is 0 Å². The molecule has 0 atom stereocenters. The maximum absolute atomic E-state index is 13.8. The highest BCUT2D eigenvalue weighted by molar-refractivity contribution is 5.96. The molecule has 0 fully saturated rings. The highest BCUT2D eigenvalue weighted by atomic mass is 19.1. The minimum Gasteiger partial charge on any atom is -0.503 e. The van der Waals surface area contributed by atoms with Crippen molar-refractivity contribution in [2.45, 2.75) is 0 Å². The quantitative estimate of drug-likeness (QED) is 0.761. The van der Waals surface area contributed by atoms with E-state index >= 15 is 0 Å². The highest BCUT2D eigenvalue weighted by Gasteiger charge is 2.24. The van der Waals surface area contributed by atoms with Crippen molar-refractivity contribution >= 4 is 17.0 Å². The number of oxazole rings is 1. The fourth-order valence-electron chi connectivity index (χ4n) is 1.96. The molecule has 112 valence electrons. The molecule has 8 heteroatoms. The van der Waals surface area contributed by atoms with Gasteiger partial charge in [0.25, 0.3) is 0 Å². The van der Waals surface area contributed by atoms with Crippen molar-refractivity contribution in [1.82, 2.24) is 4.98 Å². The van der Waals surface area contributed by atoms with Crippen LogP contribution in [-0.4, -0.2) is 16.0 Å². The van der Waals surface area contributed by atoms with E-state index in [0.717, 1.165) is 0 Å². The van der Waals surface area contributed by atoms with E-state index in [-0.39, 0.29) is 16.7 Å². The summed E-state index contributed by atoms with van der Waals surface area (Å²) in [5, 5.41) is 9.22. The molecule has 0 spiro atoms. The van der Waals surface area contributed by atoms with Gasteiger partial charge in [0.1, 0.15) is 16.9 Å². The average Bonchev–Trinajstić information content (AvgIpc) is 2.87. The molecule has 3 rings (SSSR count). The Labute approximate surface area is 120 Å². The van der Waals surface area contributed by atoms with Crippen LogP contribution in [0, 0.1) is 17.5 Å². The Kier molecular flexibility index (Phi) is 3.01. The van der Waals surface area contributed by atoms with Crippen LogP contribution in [-0.2, 0) is 0 Å². The molecule has 1 aromatic heterocycles. The molecule has 0 bridgehead atoms. The number of amides is 1. The number of fused-ring (bicyclic) bond motifs is 1. The van der Waals surface area contributed by atoms with Crippen LogP contribution in [0.5, 0.6) is 5.75 Å². The predicted molar refractivity (Wildman–Crippen MR) is 69.5 cm³/mol. The van der Waals surface area contributed by atoms with Gasteiger partial charge in [0, 0.05) is 11.6 Å². The van der Waals surface area contributed by atoms with E-state index in [1.807, 2.05) is 0 Å². The predicted octanol–water partition coefficient (Wildman–Crippen LogP) is 2.72. The number of benzene rings is 2. The van der Waals surface area contributed by atoms with Gasteiger partial charge in [-0.2, -0.15) is 0 Å². The molecule has 0 aliphatic carbocycles. The molecule has 0 saturated heterocycles. The fraction of sp³-hybridized carbons (Fsp3) is 0. The smallest absolute Gasteiger partial charge is 0.248 e. The lowest BCUT2D eigenvalue weighted by molar-refractivity contribution is 0.100. The van der Waals surface area contributed by atoms with Gasteiger partial charge in [-0.15, -0.1) is 0 Å². The number of halogens is 3. The molecular weight excluding hydrogens is 301 g/mol. The van der Waals surface area contributed by atoms with Gasteiger partial charge in [-0.25, -0.2) is 18.2 Å². The van der Waals surface area contributed by atoms with Crippen molar-refractivity contribution in [1.29, 1.82) is 0 Å². The first-order chi connectivity index (χ1) is 10.4. The Bertz CT molecular complexity index is 921. The molecule has 0 aliphatic heterocycles. The number of hydrogen-bond acceptors (Lipinski definition) is 4. The number of nitrogens with zero attached hydrogens (tertiary/aromatic N) is 1. The summed E-state index contributed by atoms with van der Waals surface area (Å²) >= 11 is 0. The zero-order chi connectivity index (χ0) is 16.0. The summed E-state index contributed by atoms with van der Waals surface area (Å²) in [5.41, 5.74) is 4.71. The molecule has 1 amide bonds. The monoisotopic (exact) mass is 308 g/mol. The third kappa shape index (κ3) is 2.05. The Balaban J connectivity index is 2.23. The van der Waals surface area contributed by atoms with Crippen LogP contribution in [0.1, 0.15) is 10.4 Å². The summed E-state index contributed by atoms with van der Waals surface area (Å²) in [7, 11) is 0. The summed E-state index contributed by atoms with van der Waals surface area (Å²) in [5.74, 6) is -6.79. The first kappa shape index (κ1) is 13.9. The minimum absolute atomic E-state index is 0.133. The van der Waals surface area contributed by atoms with E-state index in [1.54, 1.807) is 0 Å². The third-order valence-electron chi connectivity index (χ3n) is 3.03. The third-order valence-corrected chi connectivity index (χ3v) is 3.03. The van der Waals surface area contributed by atoms with E-state index in [1.165, 1.54) is 18.2 Å². The molecule has 0 saturated carbocycles. The Morgan fingerprint density at radius 2 is 1.91 bits per heavy atom. The zero-order valence-electron chi connectivity index (χ0n) is 10.7. The van der Waals surface area contributed by atoms with Crippen molar-refractivity contribution in [3.8, 4) is 17.2 Å². The number of aromatic hydroxyl groups is 1. The van der Waals surface area contributed by atoms with Gasteiger partial charge in [0.05, 0.1) is 0 Å². The van der Waals surface area contributed by atoms with E-state index in [4.69, 9.17) is 10.2 Å². The number of nitrogens with two attached hydrogens (primary N) is 1.